The highest BCUT2D eigenvalue weighted by Gasteiger charge is 2.34. The number of unbranched alkanes of at least 4 members (excludes halogenated alkanes) is 1. The van der Waals surface area contributed by atoms with Gasteiger partial charge in [-0.2, -0.15) is 0 Å². The van der Waals surface area contributed by atoms with Gasteiger partial charge < -0.3 is 25.9 Å². The molecular formula is C10H18BN3O4. The lowest BCUT2D eigenvalue weighted by Crippen LogP contribution is -2.50. The van der Waals surface area contributed by atoms with E-state index in [9.17, 15) is 9.90 Å². The van der Waals surface area contributed by atoms with Crippen LogP contribution in [0.2, 0.25) is 6.32 Å². The fourth-order valence-electron chi connectivity index (χ4n) is 1.76. The number of hydrogen-bond acceptors (Lipinski definition) is 5. The number of nitrogens with zero attached hydrogens (tertiary/aromatic N) is 1. The van der Waals surface area contributed by atoms with Crippen molar-refractivity contribution in [2.75, 3.05) is 0 Å². The maximum absolute atomic E-state index is 11.2. The van der Waals surface area contributed by atoms with E-state index < -0.39 is 18.6 Å². The van der Waals surface area contributed by atoms with Gasteiger partial charge >= 0.3 is 13.1 Å². The van der Waals surface area contributed by atoms with Crippen LogP contribution in [0.15, 0.2) is 12.5 Å². The van der Waals surface area contributed by atoms with Crippen molar-refractivity contribution >= 4 is 13.1 Å². The Morgan fingerprint density at radius 3 is 2.72 bits per heavy atom. The zero-order chi connectivity index (χ0) is 13.6. The number of carbonyl (C=O) groups is 1. The largest absolute Gasteiger partial charge is 0.480 e. The normalized spacial score (nSPS) is 14.2. The highest BCUT2D eigenvalue weighted by molar-refractivity contribution is 6.40. The Kier molecular flexibility index (Phi) is 5.33. The number of aromatic amines is 1. The van der Waals surface area contributed by atoms with E-state index in [0.717, 1.165) is 0 Å². The van der Waals surface area contributed by atoms with Crippen LogP contribution in [0.4, 0.5) is 0 Å². The SMILES string of the molecule is NC(CCCCB(O)O)(Cc1cnc[nH]1)C(=O)O. The molecule has 0 fully saturated rings. The zero-order valence-corrected chi connectivity index (χ0v) is 10.0. The standard InChI is InChI=1S/C10H18BN3O4/c12-10(9(15)16,3-1-2-4-11(17)18)5-8-6-13-7-14-8/h6-7,17-18H,1-5,12H2,(H,13,14)(H,15,16). The van der Waals surface area contributed by atoms with Crippen molar-refractivity contribution in [3.63, 3.8) is 0 Å². The van der Waals surface area contributed by atoms with Crippen molar-refractivity contribution in [3.05, 3.63) is 18.2 Å². The van der Waals surface area contributed by atoms with E-state index in [-0.39, 0.29) is 19.2 Å². The van der Waals surface area contributed by atoms with Crippen LogP contribution in [0.25, 0.3) is 0 Å². The number of imidazole rings is 1. The minimum absolute atomic E-state index is 0.171. The summed E-state index contributed by atoms with van der Waals surface area (Å²) in [4.78, 5) is 17.9. The minimum atomic E-state index is -1.35. The lowest BCUT2D eigenvalue weighted by atomic mass is 9.81. The highest BCUT2D eigenvalue weighted by atomic mass is 16.4. The van der Waals surface area contributed by atoms with Gasteiger partial charge in [-0.25, -0.2) is 4.98 Å². The van der Waals surface area contributed by atoms with E-state index in [4.69, 9.17) is 15.8 Å². The molecule has 0 saturated heterocycles. The molecule has 6 N–H and O–H groups in total. The number of nitrogens with one attached hydrogen (secondary N) is 1. The van der Waals surface area contributed by atoms with Crippen LogP contribution in [-0.2, 0) is 11.2 Å². The molecule has 0 aliphatic carbocycles. The van der Waals surface area contributed by atoms with E-state index in [1.165, 1.54) is 6.33 Å². The van der Waals surface area contributed by atoms with Crippen LogP contribution in [-0.4, -0.2) is 43.7 Å². The number of nitrogens with two attached hydrogens (primary N) is 1. The zero-order valence-electron chi connectivity index (χ0n) is 10.0. The Bertz CT molecular complexity index is 371. The molecule has 1 aromatic heterocycles. The Hall–Kier alpha value is -1.38. The topological polar surface area (TPSA) is 132 Å². The van der Waals surface area contributed by atoms with Gasteiger partial charge in [0, 0.05) is 18.3 Å². The summed E-state index contributed by atoms with van der Waals surface area (Å²) in [7, 11) is -1.35. The number of H-pyrrole nitrogens is 1. The molecule has 0 bridgehead atoms. The first-order valence-electron chi connectivity index (χ1n) is 5.80. The number of hydrogen-bond donors (Lipinski definition) is 5. The molecule has 8 heteroatoms. The van der Waals surface area contributed by atoms with E-state index in [1.807, 2.05) is 0 Å². The third-order valence-electron chi connectivity index (χ3n) is 2.82. The summed E-state index contributed by atoms with van der Waals surface area (Å²) in [5.74, 6) is -1.07. The summed E-state index contributed by atoms with van der Waals surface area (Å²) >= 11 is 0. The van der Waals surface area contributed by atoms with Crippen LogP contribution < -0.4 is 5.73 Å². The predicted octanol–water partition coefficient (Wildman–Crippen LogP) is -0.623. The first-order valence-corrected chi connectivity index (χ1v) is 5.80. The van der Waals surface area contributed by atoms with Gasteiger partial charge in [0.05, 0.1) is 6.33 Å². The molecule has 0 aliphatic heterocycles. The average Bonchev–Trinajstić information content (AvgIpc) is 2.76. The highest BCUT2D eigenvalue weighted by Crippen LogP contribution is 2.18. The second-order valence-electron chi connectivity index (χ2n) is 4.44. The molecule has 1 aromatic rings. The van der Waals surface area contributed by atoms with Gasteiger partial charge in [0.15, 0.2) is 0 Å². The summed E-state index contributed by atoms with van der Waals surface area (Å²) in [6, 6.07) is 0. The first-order chi connectivity index (χ1) is 8.44. The fraction of sp³-hybridized carbons (Fsp3) is 0.600. The molecule has 7 nitrogen and oxygen atoms in total. The second-order valence-corrected chi connectivity index (χ2v) is 4.44. The third kappa shape index (κ3) is 4.48. The van der Waals surface area contributed by atoms with Gasteiger partial charge in [-0.05, 0) is 12.7 Å². The number of carboxylic acids is 1. The van der Waals surface area contributed by atoms with Crippen molar-refractivity contribution in [1.29, 1.82) is 0 Å². The number of carboxylic acid groups (broad SMARTS) is 1. The Morgan fingerprint density at radius 1 is 1.50 bits per heavy atom. The molecule has 1 heterocycles. The van der Waals surface area contributed by atoms with Crippen molar-refractivity contribution < 1.29 is 19.9 Å². The van der Waals surface area contributed by atoms with E-state index >= 15 is 0 Å². The van der Waals surface area contributed by atoms with Crippen LogP contribution in [0.5, 0.6) is 0 Å². The molecule has 1 unspecified atom stereocenters. The maximum atomic E-state index is 11.2. The smallest absolute Gasteiger partial charge is 0.451 e. The minimum Gasteiger partial charge on any atom is -0.480 e. The van der Waals surface area contributed by atoms with E-state index in [1.54, 1.807) is 6.20 Å². The molecular weight excluding hydrogens is 237 g/mol. The molecule has 100 valence electrons. The molecule has 0 saturated carbocycles. The molecule has 0 radical (unpaired) electrons. The van der Waals surface area contributed by atoms with Gasteiger partial charge in [-0.15, -0.1) is 0 Å². The maximum Gasteiger partial charge on any atom is 0.451 e. The molecule has 18 heavy (non-hydrogen) atoms. The van der Waals surface area contributed by atoms with Gasteiger partial charge in [-0.1, -0.05) is 12.8 Å². The first kappa shape index (κ1) is 14.7. The van der Waals surface area contributed by atoms with Crippen molar-refractivity contribution in [2.24, 2.45) is 5.73 Å². The fourth-order valence-corrected chi connectivity index (χ4v) is 1.76. The van der Waals surface area contributed by atoms with Crippen molar-refractivity contribution in [2.45, 2.75) is 37.5 Å². The molecule has 1 atom stereocenters. The average molecular weight is 255 g/mol. The number of aromatic nitrogens is 2. The summed E-state index contributed by atoms with van der Waals surface area (Å²) in [5.41, 5.74) is 5.19. The van der Waals surface area contributed by atoms with E-state index in [0.29, 0.717) is 18.5 Å². The van der Waals surface area contributed by atoms with Crippen LogP contribution in [0.1, 0.15) is 25.0 Å². The molecule has 0 aliphatic rings. The van der Waals surface area contributed by atoms with Crippen LogP contribution >= 0.6 is 0 Å². The Morgan fingerprint density at radius 2 is 2.22 bits per heavy atom. The molecule has 1 rings (SSSR count). The van der Waals surface area contributed by atoms with Crippen molar-refractivity contribution in [1.82, 2.24) is 9.97 Å². The van der Waals surface area contributed by atoms with E-state index in [2.05, 4.69) is 9.97 Å². The Balaban J connectivity index is 2.50. The third-order valence-corrected chi connectivity index (χ3v) is 2.82. The summed E-state index contributed by atoms with van der Waals surface area (Å²) in [5, 5.41) is 26.6. The van der Waals surface area contributed by atoms with Gasteiger partial charge in [0.1, 0.15) is 5.54 Å². The summed E-state index contributed by atoms with van der Waals surface area (Å²) in [6.07, 6.45) is 4.72. The van der Waals surface area contributed by atoms with Crippen LogP contribution in [0.3, 0.4) is 0 Å². The Labute approximate surface area is 105 Å². The lowest BCUT2D eigenvalue weighted by Gasteiger charge is -2.24. The molecule has 0 amide bonds. The van der Waals surface area contributed by atoms with Gasteiger partial charge in [0.2, 0.25) is 0 Å². The van der Waals surface area contributed by atoms with Gasteiger partial charge in [-0.3, -0.25) is 4.79 Å². The summed E-state index contributed by atoms with van der Waals surface area (Å²) in [6.45, 7) is 0. The monoisotopic (exact) mass is 255 g/mol. The second kappa shape index (κ2) is 6.53. The van der Waals surface area contributed by atoms with Crippen molar-refractivity contribution in [3.8, 4) is 0 Å². The van der Waals surface area contributed by atoms with Crippen LogP contribution in [0, 0.1) is 0 Å². The summed E-state index contributed by atoms with van der Waals surface area (Å²) < 4.78 is 0. The predicted molar refractivity (Wildman–Crippen MR) is 65.7 cm³/mol. The lowest BCUT2D eigenvalue weighted by molar-refractivity contribution is -0.143. The molecule has 0 spiro atoms. The number of aliphatic carboxylic acids is 1. The van der Waals surface area contributed by atoms with Gasteiger partial charge in [0.25, 0.3) is 0 Å². The molecule has 0 aromatic carbocycles. The quantitative estimate of drug-likeness (QED) is 0.310. The number of rotatable bonds is 8.